The van der Waals surface area contributed by atoms with E-state index in [0.29, 0.717) is 12.4 Å². The molecule has 1 atom stereocenters. The summed E-state index contributed by atoms with van der Waals surface area (Å²) >= 11 is 0. The van der Waals surface area contributed by atoms with Gasteiger partial charge in [-0.2, -0.15) is 0 Å². The van der Waals surface area contributed by atoms with Crippen molar-refractivity contribution in [2.45, 2.75) is 25.3 Å². The molecular weight excluding hydrogens is 292 g/mol. The third-order valence-electron chi connectivity index (χ3n) is 4.07. The van der Waals surface area contributed by atoms with Gasteiger partial charge in [-0.15, -0.1) is 0 Å². The van der Waals surface area contributed by atoms with Crippen molar-refractivity contribution < 1.29 is 9.21 Å². The van der Waals surface area contributed by atoms with Gasteiger partial charge in [0.2, 0.25) is 0 Å². The number of amides is 2. The maximum Gasteiger partial charge on any atom is 0.320 e. The molecule has 2 aromatic rings. The Balaban J connectivity index is 1.59. The van der Waals surface area contributed by atoms with Crippen LogP contribution in [0.15, 0.2) is 47.2 Å². The summed E-state index contributed by atoms with van der Waals surface area (Å²) in [4.78, 5) is 18.5. The minimum absolute atomic E-state index is 0.0692. The van der Waals surface area contributed by atoms with Crippen molar-refractivity contribution in [1.29, 1.82) is 0 Å². The van der Waals surface area contributed by atoms with Gasteiger partial charge in [-0.1, -0.05) is 12.5 Å². The van der Waals surface area contributed by atoms with Crippen LogP contribution in [0.4, 0.5) is 10.6 Å². The molecule has 0 radical (unpaired) electrons. The van der Waals surface area contributed by atoms with Crippen LogP contribution in [0, 0.1) is 0 Å². The van der Waals surface area contributed by atoms with Crippen LogP contribution in [0.5, 0.6) is 0 Å². The Labute approximate surface area is 135 Å². The van der Waals surface area contributed by atoms with E-state index >= 15 is 0 Å². The lowest BCUT2D eigenvalue weighted by atomic mass is 10.1. The summed E-state index contributed by atoms with van der Waals surface area (Å²) in [5.41, 5.74) is 0. The van der Waals surface area contributed by atoms with Crippen LogP contribution >= 0.6 is 0 Å². The van der Waals surface area contributed by atoms with Gasteiger partial charge in [-0.25, -0.2) is 9.78 Å². The topological polar surface area (TPSA) is 70.4 Å². The fourth-order valence-electron chi connectivity index (χ4n) is 2.91. The largest absolute Gasteiger partial charge is 0.468 e. The van der Waals surface area contributed by atoms with Gasteiger partial charge in [-0.05, 0) is 50.2 Å². The van der Waals surface area contributed by atoms with Gasteiger partial charge in [0.1, 0.15) is 11.6 Å². The summed E-state index contributed by atoms with van der Waals surface area (Å²) in [5, 5.41) is 5.66. The van der Waals surface area contributed by atoms with E-state index in [-0.39, 0.29) is 12.1 Å². The van der Waals surface area contributed by atoms with E-state index in [2.05, 4.69) is 20.5 Å². The van der Waals surface area contributed by atoms with E-state index in [1.165, 1.54) is 19.3 Å². The maximum absolute atomic E-state index is 12.1. The summed E-state index contributed by atoms with van der Waals surface area (Å²) in [6.45, 7) is 2.58. The average molecular weight is 314 g/mol. The van der Waals surface area contributed by atoms with Gasteiger partial charge in [0.15, 0.2) is 0 Å². The molecule has 0 unspecified atom stereocenters. The zero-order chi connectivity index (χ0) is 15.9. The van der Waals surface area contributed by atoms with Crippen molar-refractivity contribution in [2.24, 2.45) is 0 Å². The normalized spacial score (nSPS) is 16.7. The van der Waals surface area contributed by atoms with Gasteiger partial charge >= 0.3 is 6.03 Å². The average Bonchev–Trinajstić information content (AvgIpc) is 3.11. The quantitative estimate of drug-likeness (QED) is 0.890. The van der Waals surface area contributed by atoms with Crippen molar-refractivity contribution in [3.8, 4) is 0 Å². The molecule has 122 valence electrons. The number of carbonyl (C=O) groups excluding carboxylic acids is 1. The van der Waals surface area contributed by atoms with Crippen LogP contribution in [0.3, 0.4) is 0 Å². The number of nitrogens with one attached hydrogen (secondary N) is 2. The highest BCUT2D eigenvalue weighted by Crippen LogP contribution is 2.24. The molecule has 6 heteroatoms. The molecule has 1 saturated heterocycles. The Bertz CT molecular complexity index is 594. The number of furan rings is 1. The number of hydrogen-bond acceptors (Lipinski definition) is 4. The number of rotatable bonds is 5. The molecule has 3 heterocycles. The third-order valence-corrected chi connectivity index (χ3v) is 4.07. The molecule has 0 spiro atoms. The fraction of sp³-hybridized carbons (Fsp3) is 0.412. The highest BCUT2D eigenvalue weighted by molar-refractivity contribution is 5.88. The highest BCUT2D eigenvalue weighted by atomic mass is 16.3. The molecule has 0 aliphatic carbocycles. The molecule has 1 aliphatic rings. The Morgan fingerprint density at radius 2 is 2.09 bits per heavy atom. The highest BCUT2D eigenvalue weighted by Gasteiger charge is 2.24. The van der Waals surface area contributed by atoms with E-state index in [1.54, 1.807) is 18.5 Å². The number of aromatic nitrogens is 1. The van der Waals surface area contributed by atoms with Crippen LogP contribution < -0.4 is 10.6 Å². The summed E-state index contributed by atoms with van der Waals surface area (Å²) in [6.07, 6.45) is 6.99. The lowest BCUT2D eigenvalue weighted by molar-refractivity contribution is 0.144. The number of likely N-dealkylation sites (tertiary alicyclic amines) is 1. The number of hydrogen-bond donors (Lipinski definition) is 2. The number of urea groups is 1. The van der Waals surface area contributed by atoms with E-state index in [4.69, 9.17) is 4.42 Å². The smallest absolute Gasteiger partial charge is 0.320 e. The summed E-state index contributed by atoms with van der Waals surface area (Å²) in [5.74, 6) is 1.43. The van der Waals surface area contributed by atoms with Gasteiger partial charge in [0.25, 0.3) is 0 Å². The monoisotopic (exact) mass is 314 g/mol. The van der Waals surface area contributed by atoms with E-state index < -0.39 is 0 Å². The zero-order valence-electron chi connectivity index (χ0n) is 13.1. The van der Waals surface area contributed by atoms with Gasteiger partial charge in [0.05, 0.1) is 12.3 Å². The number of nitrogens with zero attached hydrogens (tertiary/aromatic N) is 2. The van der Waals surface area contributed by atoms with E-state index in [1.807, 2.05) is 24.3 Å². The first-order chi connectivity index (χ1) is 11.3. The second-order valence-corrected chi connectivity index (χ2v) is 5.68. The maximum atomic E-state index is 12.1. The van der Waals surface area contributed by atoms with Crippen molar-refractivity contribution in [1.82, 2.24) is 15.2 Å². The van der Waals surface area contributed by atoms with Gasteiger partial charge in [0, 0.05) is 12.7 Å². The predicted molar refractivity (Wildman–Crippen MR) is 88.1 cm³/mol. The van der Waals surface area contributed by atoms with E-state index in [0.717, 1.165) is 18.8 Å². The molecule has 2 aromatic heterocycles. The fourth-order valence-corrected chi connectivity index (χ4v) is 2.91. The number of carbonyl (C=O) groups is 1. The number of pyridine rings is 1. The van der Waals surface area contributed by atoms with Crippen LogP contribution in [0.1, 0.15) is 31.1 Å². The Hall–Kier alpha value is -2.34. The lowest BCUT2D eigenvalue weighted by Crippen LogP contribution is -2.41. The van der Waals surface area contributed by atoms with Gasteiger partial charge < -0.3 is 9.73 Å². The van der Waals surface area contributed by atoms with Crippen molar-refractivity contribution >= 4 is 11.8 Å². The van der Waals surface area contributed by atoms with Gasteiger partial charge in [-0.3, -0.25) is 10.2 Å². The summed E-state index contributed by atoms with van der Waals surface area (Å²) in [6, 6.07) is 9.08. The number of anilines is 1. The molecule has 6 nitrogen and oxygen atoms in total. The predicted octanol–water partition coefficient (Wildman–Crippen LogP) is 3.02. The molecule has 2 amide bonds. The Morgan fingerprint density at radius 1 is 1.22 bits per heavy atom. The zero-order valence-corrected chi connectivity index (χ0v) is 13.1. The molecule has 0 saturated carbocycles. The first-order valence-electron chi connectivity index (χ1n) is 8.06. The van der Waals surface area contributed by atoms with Crippen LogP contribution in [-0.4, -0.2) is 35.5 Å². The van der Waals surface area contributed by atoms with Crippen molar-refractivity contribution in [2.75, 3.05) is 25.0 Å². The van der Waals surface area contributed by atoms with Crippen molar-refractivity contribution in [3.63, 3.8) is 0 Å². The molecule has 1 fully saturated rings. The number of piperidine rings is 1. The molecule has 0 aromatic carbocycles. The minimum Gasteiger partial charge on any atom is -0.468 e. The first kappa shape index (κ1) is 15.6. The summed E-state index contributed by atoms with van der Waals surface area (Å²) < 4.78 is 5.57. The van der Waals surface area contributed by atoms with Crippen LogP contribution in [0.2, 0.25) is 0 Å². The lowest BCUT2D eigenvalue weighted by Gasteiger charge is -2.33. The second kappa shape index (κ2) is 7.78. The first-order valence-corrected chi connectivity index (χ1v) is 8.06. The minimum atomic E-state index is -0.253. The Kier molecular flexibility index (Phi) is 5.26. The standard InChI is InChI=1S/C17H22N4O2/c22-17(20-16-8-2-3-9-18-16)19-13-14(15-7-6-12-23-15)21-10-4-1-5-11-21/h2-3,6-9,12,14H,1,4-5,10-11,13H2,(H2,18,19,20,22)/t14-/m1/s1. The Morgan fingerprint density at radius 3 is 2.78 bits per heavy atom. The van der Waals surface area contributed by atoms with Crippen LogP contribution in [0.25, 0.3) is 0 Å². The molecule has 3 rings (SSSR count). The third kappa shape index (κ3) is 4.32. The molecule has 23 heavy (non-hydrogen) atoms. The molecule has 2 N–H and O–H groups in total. The molecular formula is C17H22N4O2. The molecule has 1 aliphatic heterocycles. The second-order valence-electron chi connectivity index (χ2n) is 5.68. The SMILES string of the molecule is O=C(NC[C@H](c1ccco1)N1CCCCC1)Nc1ccccn1. The van der Waals surface area contributed by atoms with E-state index in [9.17, 15) is 4.79 Å². The summed E-state index contributed by atoms with van der Waals surface area (Å²) in [7, 11) is 0. The van der Waals surface area contributed by atoms with Crippen LogP contribution in [-0.2, 0) is 0 Å². The van der Waals surface area contributed by atoms with Crippen molar-refractivity contribution in [3.05, 3.63) is 48.6 Å². The molecule has 0 bridgehead atoms.